The number of aromatic amines is 1. The van der Waals surface area contributed by atoms with Crippen LogP contribution in [0.25, 0.3) is 10.9 Å². The van der Waals surface area contributed by atoms with E-state index in [2.05, 4.69) is 25.9 Å². The molecule has 0 aliphatic heterocycles. The normalized spacial score (nSPS) is 13.8. The number of aromatic nitrogens is 1. The van der Waals surface area contributed by atoms with Crippen molar-refractivity contribution in [2.45, 2.75) is 63.2 Å². The Bertz CT molecular complexity index is 1240. The van der Waals surface area contributed by atoms with E-state index in [9.17, 15) is 29.1 Å². The molecule has 0 radical (unpaired) electrons. The van der Waals surface area contributed by atoms with Crippen molar-refractivity contribution < 1.29 is 34.2 Å². The SMILES string of the molecule is CC(NC(=O)C(Cc1c[nH]c2ccccc12)NC(=O)C(CCCN=C(N)N)NC(=O)C(N)CCC(=O)O)C(=O)O. The van der Waals surface area contributed by atoms with Gasteiger partial charge in [-0.25, -0.2) is 0 Å². The number of amides is 3. The van der Waals surface area contributed by atoms with Crippen molar-refractivity contribution in [3.63, 3.8) is 0 Å². The summed E-state index contributed by atoms with van der Waals surface area (Å²) in [5.41, 5.74) is 18.0. The van der Waals surface area contributed by atoms with E-state index in [-0.39, 0.29) is 44.6 Å². The number of para-hydroxylation sites is 1. The molecule has 4 unspecified atom stereocenters. The maximum absolute atomic E-state index is 13.4. The van der Waals surface area contributed by atoms with Gasteiger partial charge < -0.3 is 48.3 Å². The Morgan fingerprint density at radius 3 is 2.25 bits per heavy atom. The molecule has 1 aromatic heterocycles. The lowest BCUT2D eigenvalue weighted by atomic mass is 10.0. The molecule has 0 fully saturated rings. The third-order valence-electron chi connectivity index (χ3n) is 6.05. The average molecular weight is 561 g/mol. The summed E-state index contributed by atoms with van der Waals surface area (Å²) < 4.78 is 0. The van der Waals surface area contributed by atoms with Crippen LogP contribution < -0.4 is 33.2 Å². The first-order valence-corrected chi connectivity index (χ1v) is 12.6. The Morgan fingerprint density at radius 2 is 1.60 bits per heavy atom. The molecular formula is C25H36N8O7. The van der Waals surface area contributed by atoms with E-state index in [0.717, 1.165) is 10.9 Å². The zero-order valence-corrected chi connectivity index (χ0v) is 22.1. The lowest BCUT2D eigenvalue weighted by Crippen LogP contribution is -2.57. The lowest BCUT2D eigenvalue weighted by molar-refractivity contribution is -0.142. The van der Waals surface area contributed by atoms with Gasteiger partial charge in [-0.15, -0.1) is 0 Å². The number of benzene rings is 1. The number of carboxylic acids is 2. The molecule has 1 aromatic carbocycles. The quantitative estimate of drug-likeness (QED) is 0.0652. The first-order valence-electron chi connectivity index (χ1n) is 12.6. The highest BCUT2D eigenvalue weighted by Gasteiger charge is 2.30. The van der Waals surface area contributed by atoms with Gasteiger partial charge in [-0.1, -0.05) is 18.2 Å². The van der Waals surface area contributed by atoms with Gasteiger partial charge >= 0.3 is 11.9 Å². The van der Waals surface area contributed by atoms with E-state index in [1.165, 1.54) is 6.92 Å². The summed E-state index contributed by atoms with van der Waals surface area (Å²) in [6, 6.07) is 2.54. The van der Waals surface area contributed by atoms with Crippen molar-refractivity contribution in [2.24, 2.45) is 22.2 Å². The summed E-state index contributed by atoms with van der Waals surface area (Å²) >= 11 is 0. The molecule has 15 nitrogen and oxygen atoms in total. The summed E-state index contributed by atoms with van der Waals surface area (Å²) in [7, 11) is 0. The first kappa shape index (κ1) is 31.6. The summed E-state index contributed by atoms with van der Waals surface area (Å²) in [4.78, 5) is 68.2. The monoisotopic (exact) mass is 560 g/mol. The Kier molecular flexibility index (Phi) is 11.9. The second kappa shape index (κ2) is 15.1. The second-order valence-electron chi connectivity index (χ2n) is 9.24. The molecular weight excluding hydrogens is 524 g/mol. The van der Waals surface area contributed by atoms with Crippen LogP contribution in [0.2, 0.25) is 0 Å². The van der Waals surface area contributed by atoms with Crippen molar-refractivity contribution >= 4 is 46.5 Å². The number of nitrogens with zero attached hydrogens (tertiary/aromatic N) is 1. The predicted molar refractivity (Wildman–Crippen MR) is 146 cm³/mol. The van der Waals surface area contributed by atoms with Crippen LogP contribution in [0.15, 0.2) is 35.5 Å². The number of guanidine groups is 1. The molecule has 0 aliphatic carbocycles. The number of rotatable bonds is 16. The molecule has 0 aliphatic rings. The van der Waals surface area contributed by atoms with Gasteiger partial charge in [0.25, 0.3) is 0 Å². The Hall–Kier alpha value is -4.66. The lowest BCUT2D eigenvalue weighted by Gasteiger charge is -2.24. The minimum Gasteiger partial charge on any atom is -0.481 e. The molecule has 0 bridgehead atoms. The summed E-state index contributed by atoms with van der Waals surface area (Å²) in [6.45, 7) is 1.44. The van der Waals surface area contributed by atoms with Crippen LogP contribution in [0.5, 0.6) is 0 Å². The van der Waals surface area contributed by atoms with Crippen LogP contribution in [0.3, 0.4) is 0 Å². The van der Waals surface area contributed by atoms with Crippen LogP contribution >= 0.6 is 0 Å². The van der Waals surface area contributed by atoms with E-state index < -0.39 is 53.8 Å². The van der Waals surface area contributed by atoms with Crippen LogP contribution in [-0.4, -0.2) is 81.5 Å². The molecule has 218 valence electrons. The molecule has 0 saturated carbocycles. The third kappa shape index (κ3) is 9.90. The van der Waals surface area contributed by atoms with Crippen molar-refractivity contribution in [1.82, 2.24) is 20.9 Å². The number of aliphatic carboxylic acids is 2. The molecule has 40 heavy (non-hydrogen) atoms. The fourth-order valence-corrected chi connectivity index (χ4v) is 3.84. The van der Waals surface area contributed by atoms with Crippen LogP contribution in [0.1, 0.15) is 38.2 Å². The number of nitrogens with one attached hydrogen (secondary N) is 4. The molecule has 3 amide bonds. The maximum Gasteiger partial charge on any atom is 0.325 e. The third-order valence-corrected chi connectivity index (χ3v) is 6.05. The van der Waals surface area contributed by atoms with Gasteiger partial charge in [-0.2, -0.15) is 0 Å². The number of nitrogens with two attached hydrogens (primary N) is 3. The highest BCUT2D eigenvalue weighted by Crippen LogP contribution is 2.19. The van der Waals surface area contributed by atoms with Gasteiger partial charge in [0.15, 0.2) is 5.96 Å². The van der Waals surface area contributed by atoms with Gasteiger partial charge in [0.1, 0.15) is 18.1 Å². The van der Waals surface area contributed by atoms with Crippen molar-refractivity contribution in [3.05, 3.63) is 36.0 Å². The molecule has 12 N–H and O–H groups in total. The first-order chi connectivity index (χ1) is 18.9. The zero-order chi connectivity index (χ0) is 29.8. The zero-order valence-electron chi connectivity index (χ0n) is 22.1. The number of carboxylic acid groups (broad SMARTS) is 2. The Morgan fingerprint density at radius 1 is 0.950 bits per heavy atom. The fraction of sp³-hybridized carbons (Fsp3) is 0.440. The smallest absolute Gasteiger partial charge is 0.325 e. The molecule has 1 heterocycles. The molecule has 2 aromatic rings. The molecule has 2 rings (SSSR count). The largest absolute Gasteiger partial charge is 0.481 e. The Labute approximate surface area is 229 Å². The van der Waals surface area contributed by atoms with Crippen molar-refractivity contribution in [3.8, 4) is 0 Å². The number of H-pyrrole nitrogens is 1. The minimum atomic E-state index is -1.26. The average Bonchev–Trinajstić information content (AvgIpc) is 3.30. The van der Waals surface area contributed by atoms with Gasteiger partial charge in [0.05, 0.1) is 6.04 Å². The van der Waals surface area contributed by atoms with E-state index in [4.69, 9.17) is 22.3 Å². The van der Waals surface area contributed by atoms with Crippen molar-refractivity contribution in [2.75, 3.05) is 6.54 Å². The van der Waals surface area contributed by atoms with Crippen LogP contribution in [0, 0.1) is 0 Å². The number of fused-ring (bicyclic) bond motifs is 1. The molecule has 15 heteroatoms. The van der Waals surface area contributed by atoms with E-state index >= 15 is 0 Å². The standard InChI is InChI=1S/C25H36N8O7/c1-13(24(39)40)31-23(38)19(11-14-12-30-17-6-3-2-5-15(14)17)33-22(37)18(7-4-10-29-25(27)28)32-21(36)16(26)8-9-20(34)35/h2-3,5-6,12-13,16,18-19,30H,4,7-11,26H2,1H3,(H,31,38)(H,32,36)(H,33,37)(H,34,35)(H,39,40)(H4,27,28,29). The molecule has 4 atom stereocenters. The number of hydrogen-bond acceptors (Lipinski definition) is 7. The van der Waals surface area contributed by atoms with Gasteiger partial charge in [-0.05, 0) is 37.8 Å². The van der Waals surface area contributed by atoms with Gasteiger partial charge in [0.2, 0.25) is 17.7 Å². The van der Waals surface area contributed by atoms with Gasteiger partial charge in [0, 0.05) is 36.5 Å². The minimum absolute atomic E-state index is 0.0146. The van der Waals surface area contributed by atoms with E-state index in [1.807, 2.05) is 24.3 Å². The number of hydrogen-bond donors (Lipinski definition) is 9. The fourth-order valence-electron chi connectivity index (χ4n) is 3.84. The number of carbonyl (C=O) groups excluding carboxylic acids is 3. The maximum atomic E-state index is 13.4. The molecule has 0 saturated heterocycles. The van der Waals surface area contributed by atoms with Crippen molar-refractivity contribution in [1.29, 1.82) is 0 Å². The van der Waals surface area contributed by atoms with Gasteiger partial charge in [-0.3, -0.25) is 29.0 Å². The summed E-state index contributed by atoms with van der Waals surface area (Å²) in [6.07, 6.45) is 1.55. The van der Waals surface area contributed by atoms with E-state index in [0.29, 0.717) is 5.56 Å². The number of aliphatic imine (C=N–C) groups is 1. The number of carbonyl (C=O) groups is 5. The second-order valence-corrected chi connectivity index (χ2v) is 9.24. The predicted octanol–water partition coefficient (Wildman–Crippen LogP) is -1.48. The highest BCUT2D eigenvalue weighted by atomic mass is 16.4. The topological polar surface area (TPSA) is 268 Å². The summed E-state index contributed by atoms with van der Waals surface area (Å²) in [5.74, 6) is -4.75. The van der Waals surface area contributed by atoms with Crippen LogP contribution in [-0.2, 0) is 30.4 Å². The highest BCUT2D eigenvalue weighted by molar-refractivity contribution is 5.95. The summed E-state index contributed by atoms with van der Waals surface area (Å²) in [5, 5.41) is 26.4. The molecule has 0 spiro atoms. The van der Waals surface area contributed by atoms with E-state index in [1.54, 1.807) is 6.20 Å². The van der Waals surface area contributed by atoms with Crippen LogP contribution in [0.4, 0.5) is 0 Å². The Balaban J connectivity index is 2.27.